The number of hydrogen-bond acceptors (Lipinski definition) is 3. The number of aryl methyl sites for hydroxylation is 1. The maximum atomic E-state index is 12.5. The molecule has 1 atom stereocenters. The molecule has 0 aliphatic rings. The summed E-state index contributed by atoms with van der Waals surface area (Å²) in [5.41, 5.74) is 3.83. The molecular weight excluding hydrogens is 400 g/mol. The highest BCUT2D eigenvalue weighted by molar-refractivity contribution is 5.94. The van der Waals surface area contributed by atoms with Gasteiger partial charge in [0, 0.05) is 42.9 Å². The van der Waals surface area contributed by atoms with Gasteiger partial charge >= 0.3 is 0 Å². The molecule has 0 unspecified atom stereocenters. The Morgan fingerprint density at radius 2 is 1.69 bits per heavy atom. The third-order valence-corrected chi connectivity index (χ3v) is 5.46. The number of carbonyl (C=O) groups excluding carboxylic acids is 2. The van der Waals surface area contributed by atoms with Gasteiger partial charge in [-0.25, -0.2) is 0 Å². The van der Waals surface area contributed by atoms with Crippen LogP contribution in [0.25, 0.3) is 11.3 Å². The Labute approximate surface area is 190 Å². The van der Waals surface area contributed by atoms with Crippen molar-refractivity contribution in [2.45, 2.75) is 45.1 Å². The minimum Gasteiger partial charge on any atom is -0.349 e. The van der Waals surface area contributed by atoms with Crippen LogP contribution in [0.3, 0.4) is 0 Å². The molecule has 1 heterocycles. The third kappa shape index (κ3) is 7.08. The summed E-state index contributed by atoms with van der Waals surface area (Å²) in [6, 6.07) is 21.1. The van der Waals surface area contributed by atoms with Crippen molar-refractivity contribution in [3.05, 3.63) is 78.0 Å². The predicted molar refractivity (Wildman–Crippen MR) is 127 cm³/mol. The molecule has 0 saturated heterocycles. The largest absolute Gasteiger partial charge is 0.349 e. The van der Waals surface area contributed by atoms with Crippen molar-refractivity contribution >= 4 is 11.8 Å². The van der Waals surface area contributed by atoms with Gasteiger partial charge in [0.1, 0.15) is 0 Å². The molecule has 6 heteroatoms. The number of H-pyrrole nitrogens is 1. The van der Waals surface area contributed by atoms with Crippen LogP contribution in [0, 0.1) is 0 Å². The number of nitrogens with one attached hydrogen (secondary N) is 2. The Bertz CT molecular complexity index is 985. The standard InChI is InChI=1S/C26H32N4O2/c1-20(27-26(32)22-14-8-4-9-15-22)18-25(31)30(2)17-11-5-10-16-23-19-24(29-28-23)21-12-6-3-7-13-21/h3-4,6-9,12-15,19-20H,5,10-11,16-18H2,1-2H3,(H,27,32)(H,28,29)/t20-/m0/s1. The van der Waals surface area contributed by atoms with Gasteiger partial charge in [-0.05, 0) is 44.4 Å². The van der Waals surface area contributed by atoms with Gasteiger partial charge in [-0.2, -0.15) is 5.10 Å². The lowest BCUT2D eigenvalue weighted by Gasteiger charge is -2.20. The summed E-state index contributed by atoms with van der Waals surface area (Å²) >= 11 is 0. The molecule has 2 N–H and O–H groups in total. The Hall–Kier alpha value is -3.41. The van der Waals surface area contributed by atoms with Crippen molar-refractivity contribution in [2.24, 2.45) is 0 Å². The molecule has 1 aromatic heterocycles. The van der Waals surface area contributed by atoms with Gasteiger partial charge in [-0.15, -0.1) is 0 Å². The monoisotopic (exact) mass is 432 g/mol. The topological polar surface area (TPSA) is 78.1 Å². The van der Waals surface area contributed by atoms with E-state index in [0.29, 0.717) is 12.0 Å². The van der Waals surface area contributed by atoms with Crippen LogP contribution in [0.4, 0.5) is 0 Å². The van der Waals surface area contributed by atoms with Crippen LogP contribution in [0.2, 0.25) is 0 Å². The van der Waals surface area contributed by atoms with Crippen LogP contribution in [0.5, 0.6) is 0 Å². The lowest BCUT2D eigenvalue weighted by atomic mass is 10.1. The molecule has 3 rings (SSSR count). The number of benzene rings is 2. The van der Waals surface area contributed by atoms with Crippen LogP contribution in [0.1, 0.15) is 48.7 Å². The number of hydrogen-bond donors (Lipinski definition) is 2. The molecule has 2 aromatic carbocycles. The second kappa shape index (κ2) is 11.8. The van der Waals surface area contributed by atoms with Crippen molar-refractivity contribution in [3.8, 4) is 11.3 Å². The highest BCUT2D eigenvalue weighted by atomic mass is 16.2. The quantitative estimate of drug-likeness (QED) is 0.439. The number of aromatic nitrogens is 2. The zero-order valence-electron chi connectivity index (χ0n) is 18.9. The SMILES string of the molecule is C[C@@H](CC(=O)N(C)CCCCCc1cc(-c2ccccc2)n[nH]1)NC(=O)c1ccccc1. The van der Waals surface area contributed by atoms with Crippen LogP contribution in [-0.4, -0.2) is 46.5 Å². The first kappa shape index (κ1) is 23.3. The van der Waals surface area contributed by atoms with E-state index in [1.165, 1.54) is 0 Å². The third-order valence-electron chi connectivity index (χ3n) is 5.46. The Kier molecular flexibility index (Phi) is 8.61. The van der Waals surface area contributed by atoms with Crippen LogP contribution < -0.4 is 5.32 Å². The molecule has 2 amide bonds. The van der Waals surface area contributed by atoms with E-state index >= 15 is 0 Å². The van der Waals surface area contributed by atoms with Gasteiger partial charge < -0.3 is 10.2 Å². The molecule has 0 aliphatic carbocycles. The minimum absolute atomic E-state index is 0.0481. The fourth-order valence-electron chi connectivity index (χ4n) is 3.58. The molecule has 0 bridgehead atoms. The average Bonchev–Trinajstić information content (AvgIpc) is 3.28. The fraction of sp³-hybridized carbons (Fsp3) is 0.346. The molecule has 0 aliphatic heterocycles. The zero-order chi connectivity index (χ0) is 22.8. The Morgan fingerprint density at radius 1 is 1.00 bits per heavy atom. The number of rotatable bonds is 11. The van der Waals surface area contributed by atoms with Crippen LogP contribution in [-0.2, 0) is 11.2 Å². The molecule has 0 spiro atoms. The first-order valence-corrected chi connectivity index (χ1v) is 11.2. The van der Waals surface area contributed by atoms with E-state index in [9.17, 15) is 9.59 Å². The van der Waals surface area contributed by atoms with E-state index in [0.717, 1.165) is 49.2 Å². The van der Waals surface area contributed by atoms with Crippen molar-refractivity contribution in [1.82, 2.24) is 20.4 Å². The summed E-state index contributed by atoms with van der Waals surface area (Å²) in [5, 5.41) is 10.4. The summed E-state index contributed by atoms with van der Waals surface area (Å²) in [6.07, 6.45) is 4.28. The fourth-order valence-corrected chi connectivity index (χ4v) is 3.58. The van der Waals surface area contributed by atoms with Gasteiger partial charge in [0.05, 0.1) is 5.69 Å². The highest BCUT2D eigenvalue weighted by Crippen LogP contribution is 2.18. The second-order valence-electron chi connectivity index (χ2n) is 8.22. The number of nitrogens with zero attached hydrogens (tertiary/aromatic N) is 2. The normalized spacial score (nSPS) is 11.7. The minimum atomic E-state index is -0.211. The van der Waals surface area contributed by atoms with E-state index in [-0.39, 0.29) is 17.9 Å². The smallest absolute Gasteiger partial charge is 0.251 e. The molecule has 3 aromatic rings. The summed E-state index contributed by atoms with van der Waals surface area (Å²) < 4.78 is 0. The molecule has 168 valence electrons. The summed E-state index contributed by atoms with van der Waals surface area (Å²) in [6.45, 7) is 2.58. The number of amides is 2. The van der Waals surface area contributed by atoms with Crippen molar-refractivity contribution in [3.63, 3.8) is 0 Å². The van der Waals surface area contributed by atoms with Crippen LogP contribution >= 0.6 is 0 Å². The summed E-state index contributed by atoms with van der Waals surface area (Å²) in [4.78, 5) is 26.4. The first-order valence-electron chi connectivity index (χ1n) is 11.2. The number of unbranched alkanes of at least 4 members (excludes halogenated alkanes) is 2. The molecule has 6 nitrogen and oxygen atoms in total. The maximum absolute atomic E-state index is 12.5. The Morgan fingerprint density at radius 3 is 2.41 bits per heavy atom. The van der Waals surface area contributed by atoms with Gasteiger partial charge in [-0.1, -0.05) is 55.0 Å². The average molecular weight is 433 g/mol. The number of carbonyl (C=O) groups is 2. The van der Waals surface area contributed by atoms with Gasteiger partial charge in [-0.3, -0.25) is 14.7 Å². The second-order valence-corrected chi connectivity index (χ2v) is 8.22. The van der Waals surface area contributed by atoms with Crippen molar-refractivity contribution in [1.29, 1.82) is 0 Å². The lowest BCUT2D eigenvalue weighted by molar-refractivity contribution is -0.130. The maximum Gasteiger partial charge on any atom is 0.251 e. The molecular formula is C26H32N4O2. The number of aromatic amines is 1. The Balaban J connectivity index is 1.31. The van der Waals surface area contributed by atoms with E-state index in [1.807, 2.05) is 50.4 Å². The molecule has 0 saturated carbocycles. The molecule has 0 radical (unpaired) electrons. The summed E-state index contributed by atoms with van der Waals surface area (Å²) in [5.74, 6) is -0.102. The highest BCUT2D eigenvalue weighted by Gasteiger charge is 2.16. The predicted octanol–water partition coefficient (Wildman–Crippen LogP) is 4.46. The van der Waals surface area contributed by atoms with E-state index in [2.05, 4.69) is 33.7 Å². The van der Waals surface area contributed by atoms with Gasteiger partial charge in [0.15, 0.2) is 0 Å². The first-order chi connectivity index (χ1) is 15.5. The van der Waals surface area contributed by atoms with Crippen LogP contribution in [0.15, 0.2) is 66.7 Å². The molecule has 0 fully saturated rings. The van der Waals surface area contributed by atoms with E-state index in [1.54, 1.807) is 17.0 Å². The lowest BCUT2D eigenvalue weighted by Crippen LogP contribution is -2.38. The van der Waals surface area contributed by atoms with Crippen molar-refractivity contribution < 1.29 is 9.59 Å². The zero-order valence-corrected chi connectivity index (χ0v) is 18.9. The summed E-state index contributed by atoms with van der Waals surface area (Å²) in [7, 11) is 1.83. The van der Waals surface area contributed by atoms with Gasteiger partial charge in [0.25, 0.3) is 5.91 Å². The molecule has 32 heavy (non-hydrogen) atoms. The van der Waals surface area contributed by atoms with E-state index in [4.69, 9.17) is 0 Å². The van der Waals surface area contributed by atoms with E-state index < -0.39 is 0 Å². The van der Waals surface area contributed by atoms with Gasteiger partial charge in [0.2, 0.25) is 5.91 Å². The van der Waals surface area contributed by atoms with Crippen molar-refractivity contribution in [2.75, 3.05) is 13.6 Å².